The van der Waals surface area contributed by atoms with E-state index in [1.807, 2.05) is 24.4 Å². The predicted molar refractivity (Wildman–Crippen MR) is 81.4 cm³/mol. The average Bonchev–Trinajstić information content (AvgIpc) is 2.45. The topological polar surface area (TPSA) is 22.1 Å². The Morgan fingerprint density at radius 1 is 1.26 bits per heavy atom. The zero-order chi connectivity index (χ0) is 13.7. The van der Waals surface area contributed by atoms with Crippen LogP contribution in [0.1, 0.15) is 37.3 Å². The van der Waals surface area contributed by atoms with E-state index in [-0.39, 0.29) is 0 Å². The van der Waals surface area contributed by atoms with E-state index in [2.05, 4.69) is 46.9 Å². The van der Waals surface area contributed by atoms with Crippen molar-refractivity contribution in [2.75, 3.05) is 0 Å². The first-order valence-corrected chi connectivity index (χ1v) is 7.31. The van der Waals surface area contributed by atoms with Crippen LogP contribution in [0.5, 0.6) is 5.75 Å². The Balaban J connectivity index is 2.11. The first-order chi connectivity index (χ1) is 9.20. The number of pyridine rings is 1. The molecule has 0 aliphatic carbocycles. The van der Waals surface area contributed by atoms with Gasteiger partial charge in [0.2, 0.25) is 0 Å². The number of ether oxygens (including phenoxy) is 1. The number of benzene rings is 1. The molecule has 2 rings (SSSR count). The zero-order valence-electron chi connectivity index (χ0n) is 11.3. The molecule has 0 spiro atoms. The van der Waals surface area contributed by atoms with Crippen LogP contribution < -0.4 is 4.74 Å². The van der Waals surface area contributed by atoms with Crippen LogP contribution in [0.4, 0.5) is 0 Å². The number of hydrogen-bond acceptors (Lipinski definition) is 2. The van der Waals surface area contributed by atoms with E-state index >= 15 is 0 Å². The number of nitrogens with zero attached hydrogens (tertiary/aromatic N) is 1. The summed E-state index contributed by atoms with van der Waals surface area (Å²) in [5, 5.41) is 0. The Hall–Kier alpha value is -1.35. The maximum atomic E-state index is 5.94. The molecule has 1 aromatic heterocycles. The van der Waals surface area contributed by atoms with Crippen molar-refractivity contribution in [1.29, 1.82) is 0 Å². The van der Waals surface area contributed by atoms with Crippen LogP contribution in [0.2, 0.25) is 0 Å². The molecule has 0 N–H and O–H groups in total. The number of halogens is 1. The monoisotopic (exact) mass is 319 g/mol. The first kappa shape index (κ1) is 14.1. The molecule has 0 fully saturated rings. The van der Waals surface area contributed by atoms with E-state index in [1.165, 1.54) is 5.56 Å². The Morgan fingerprint density at radius 3 is 2.79 bits per heavy atom. The summed E-state index contributed by atoms with van der Waals surface area (Å²) in [5.74, 6) is 1.48. The van der Waals surface area contributed by atoms with Gasteiger partial charge in [-0.15, -0.1) is 0 Å². The second-order valence-electron chi connectivity index (χ2n) is 4.65. The molecule has 0 saturated carbocycles. The maximum Gasteiger partial charge on any atom is 0.123 e. The molecule has 19 heavy (non-hydrogen) atoms. The lowest BCUT2D eigenvalue weighted by atomic mass is 9.98. The molecule has 0 bridgehead atoms. The standard InChI is InChI=1S/C16H18BrNO/c1-3-12(2)15-6-4-5-7-16(15)19-11-13-8-14(17)10-18-9-13/h4-10,12H,3,11H2,1-2H3. The summed E-state index contributed by atoms with van der Waals surface area (Å²) >= 11 is 3.42. The molecule has 100 valence electrons. The van der Waals surface area contributed by atoms with Crippen molar-refractivity contribution >= 4 is 15.9 Å². The van der Waals surface area contributed by atoms with Crippen LogP contribution in [-0.2, 0) is 6.61 Å². The van der Waals surface area contributed by atoms with E-state index in [0.29, 0.717) is 12.5 Å². The van der Waals surface area contributed by atoms with E-state index in [4.69, 9.17) is 4.74 Å². The molecule has 1 aromatic carbocycles. The zero-order valence-corrected chi connectivity index (χ0v) is 12.9. The summed E-state index contributed by atoms with van der Waals surface area (Å²) in [6, 6.07) is 10.3. The maximum absolute atomic E-state index is 5.94. The minimum Gasteiger partial charge on any atom is -0.489 e. The van der Waals surface area contributed by atoms with Crippen molar-refractivity contribution in [3.05, 3.63) is 58.3 Å². The fraction of sp³-hybridized carbons (Fsp3) is 0.312. The fourth-order valence-electron chi connectivity index (χ4n) is 1.93. The molecular weight excluding hydrogens is 302 g/mol. The molecule has 0 aliphatic rings. The summed E-state index contributed by atoms with van der Waals surface area (Å²) in [6.07, 6.45) is 4.71. The smallest absolute Gasteiger partial charge is 0.123 e. The second-order valence-corrected chi connectivity index (χ2v) is 5.56. The predicted octanol–water partition coefficient (Wildman–Crippen LogP) is 4.94. The van der Waals surface area contributed by atoms with Crippen molar-refractivity contribution in [2.24, 2.45) is 0 Å². The third-order valence-electron chi connectivity index (χ3n) is 3.22. The summed E-state index contributed by atoms with van der Waals surface area (Å²) < 4.78 is 6.92. The van der Waals surface area contributed by atoms with Crippen molar-refractivity contribution in [3.63, 3.8) is 0 Å². The average molecular weight is 320 g/mol. The van der Waals surface area contributed by atoms with E-state index in [0.717, 1.165) is 22.2 Å². The minimum atomic E-state index is 0.511. The van der Waals surface area contributed by atoms with Crippen molar-refractivity contribution < 1.29 is 4.74 Å². The highest BCUT2D eigenvalue weighted by Gasteiger charge is 2.09. The van der Waals surface area contributed by atoms with Crippen LogP contribution in [-0.4, -0.2) is 4.98 Å². The third-order valence-corrected chi connectivity index (χ3v) is 3.65. The lowest BCUT2D eigenvalue weighted by Gasteiger charge is -2.15. The van der Waals surface area contributed by atoms with Crippen molar-refractivity contribution in [3.8, 4) is 5.75 Å². The van der Waals surface area contributed by atoms with Gasteiger partial charge in [0.15, 0.2) is 0 Å². The number of para-hydroxylation sites is 1. The molecule has 3 heteroatoms. The molecule has 0 amide bonds. The minimum absolute atomic E-state index is 0.511. The van der Waals surface area contributed by atoms with Crippen molar-refractivity contribution in [2.45, 2.75) is 32.8 Å². The largest absolute Gasteiger partial charge is 0.489 e. The van der Waals surface area contributed by atoms with Gasteiger partial charge in [0.25, 0.3) is 0 Å². The Bertz CT molecular complexity index is 542. The van der Waals surface area contributed by atoms with Gasteiger partial charge in [-0.2, -0.15) is 0 Å². The van der Waals surface area contributed by atoms with Crippen LogP contribution in [0.15, 0.2) is 47.2 Å². The van der Waals surface area contributed by atoms with Crippen molar-refractivity contribution in [1.82, 2.24) is 4.98 Å². The van der Waals surface area contributed by atoms with Gasteiger partial charge in [-0.05, 0) is 46.0 Å². The lowest BCUT2D eigenvalue weighted by molar-refractivity contribution is 0.300. The summed E-state index contributed by atoms with van der Waals surface area (Å²) in [5.41, 5.74) is 2.33. The van der Waals surface area contributed by atoms with Gasteiger partial charge >= 0.3 is 0 Å². The first-order valence-electron chi connectivity index (χ1n) is 6.52. The number of aromatic nitrogens is 1. The molecular formula is C16H18BrNO. The van der Waals surface area contributed by atoms with Gasteiger partial charge in [-0.3, -0.25) is 4.98 Å². The summed E-state index contributed by atoms with van der Waals surface area (Å²) in [4.78, 5) is 4.14. The van der Waals surface area contributed by atoms with Gasteiger partial charge in [-0.25, -0.2) is 0 Å². The fourth-order valence-corrected chi connectivity index (χ4v) is 2.35. The highest BCUT2D eigenvalue weighted by Crippen LogP contribution is 2.29. The quantitative estimate of drug-likeness (QED) is 0.779. The van der Waals surface area contributed by atoms with Crippen LogP contribution in [0.3, 0.4) is 0 Å². The Kier molecular flexibility index (Phi) is 4.97. The van der Waals surface area contributed by atoms with Crippen LogP contribution >= 0.6 is 15.9 Å². The molecule has 1 heterocycles. The second kappa shape index (κ2) is 6.71. The molecule has 0 aliphatic heterocycles. The third kappa shape index (κ3) is 3.80. The van der Waals surface area contributed by atoms with Gasteiger partial charge in [0, 0.05) is 22.4 Å². The molecule has 2 nitrogen and oxygen atoms in total. The number of hydrogen-bond donors (Lipinski definition) is 0. The Morgan fingerprint density at radius 2 is 2.05 bits per heavy atom. The van der Waals surface area contributed by atoms with E-state index in [1.54, 1.807) is 6.20 Å². The van der Waals surface area contributed by atoms with E-state index in [9.17, 15) is 0 Å². The summed E-state index contributed by atoms with van der Waals surface area (Å²) in [6.45, 7) is 4.96. The summed E-state index contributed by atoms with van der Waals surface area (Å²) in [7, 11) is 0. The highest BCUT2D eigenvalue weighted by atomic mass is 79.9. The van der Waals surface area contributed by atoms with E-state index < -0.39 is 0 Å². The highest BCUT2D eigenvalue weighted by molar-refractivity contribution is 9.10. The molecule has 2 aromatic rings. The normalized spacial score (nSPS) is 12.2. The molecule has 0 radical (unpaired) electrons. The van der Waals surface area contributed by atoms with Gasteiger partial charge in [-0.1, -0.05) is 32.0 Å². The number of rotatable bonds is 5. The molecule has 0 saturated heterocycles. The van der Waals surface area contributed by atoms with Crippen LogP contribution in [0.25, 0.3) is 0 Å². The van der Waals surface area contributed by atoms with Gasteiger partial charge in [0.05, 0.1) is 0 Å². The SMILES string of the molecule is CCC(C)c1ccccc1OCc1cncc(Br)c1. The molecule has 1 unspecified atom stereocenters. The lowest BCUT2D eigenvalue weighted by Crippen LogP contribution is -2.01. The van der Waals surface area contributed by atoms with Crippen LogP contribution in [0, 0.1) is 0 Å². The van der Waals surface area contributed by atoms with Gasteiger partial charge in [0.1, 0.15) is 12.4 Å². The van der Waals surface area contributed by atoms with Gasteiger partial charge < -0.3 is 4.74 Å². The Labute approximate surface area is 123 Å². The molecule has 1 atom stereocenters.